The van der Waals surface area contributed by atoms with Crippen LogP contribution in [0.1, 0.15) is 10.4 Å². The smallest absolute Gasteiger partial charge is 0.252 e. The highest BCUT2D eigenvalue weighted by Gasteiger charge is 2.16. The second kappa shape index (κ2) is 9.94. The summed E-state index contributed by atoms with van der Waals surface area (Å²) in [5.41, 5.74) is 5.62. The fourth-order valence-corrected chi connectivity index (χ4v) is 4.33. The van der Waals surface area contributed by atoms with Crippen molar-refractivity contribution in [3.63, 3.8) is 0 Å². The summed E-state index contributed by atoms with van der Waals surface area (Å²) in [5, 5.41) is 3.99. The largest absolute Gasteiger partial charge is 0.370 e. The van der Waals surface area contributed by atoms with Crippen molar-refractivity contribution in [2.24, 2.45) is 0 Å². The number of carbonyl (C=O) groups excluding carboxylic acids is 1. The van der Waals surface area contributed by atoms with E-state index in [2.05, 4.69) is 41.7 Å². The molecule has 2 N–H and O–H groups in total. The van der Waals surface area contributed by atoms with Gasteiger partial charge in [0.05, 0.1) is 43.1 Å². The van der Waals surface area contributed by atoms with E-state index in [-0.39, 0.29) is 5.91 Å². The topological polar surface area (TPSA) is 55.7 Å². The Morgan fingerprint density at radius 1 is 0.848 bits per heavy atom. The number of ether oxygens (including phenoxy) is 1. The van der Waals surface area contributed by atoms with Crippen LogP contribution in [0, 0.1) is 0 Å². The summed E-state index contributed by atoms with van der Waals surface area (Å²) in [4.78, 5) is 19.5. The monoisotopic (exact) mass is 438 g/mol. The third-order valence-electron chi connectivity index (χ3n) is 6.21. The minimum absolute atomic E-state index is 0.0524. The Hall–Kier alpha value is -3.54. The summed E-state index contributed by atoms with van der Waals surface area (Å²) in [5.74, 6) is -0.0524. The molecule has 1 aliphatic heterocycles. The zero-order chi connectivity index (χ0) is 22.5. The molecular weight excluding hydrogens is 410 g/mol. The summed E-state index contributed by atoms with van der Waals surface area (Å²) in [7, 11) is 0. The van der Waals surface area contributed by atoms with E-state index in [1.165, 1.54) is 10.5 Å². The number of amides is 1. The number of nitrogens with one attached hydrogen (secondary N) is 2. The predicted octanol–water partition coefficient (Wildman–Crippen LogP) is 3.21. The number of hydrogen-bond donors (Lipinski definition) is 2. The molecule has 33 heavy (non-hydrogen) atoms. The van der Waals surface area contributed by atoms with Crippen LogP contribution in [0.15, 0.2) is 84.9 Å². The second-order valence-corrected chi connectivity index (χ2v) is 8.38. The van der Waals surface area contributed by atoms with Gasteiger partial charge in [-0.2, -0.15) is 0 Å². The molecule has 1 aliphatic rings. The number of para-hydroxylation sites is 1. The van der Waals surface area contributed by atoms with Crippen molar-refractivity contribution in [1.29, 1.82) is 0 Å². The quantitative estimate of drug-likeness (QED) is 0.486. The van der Waals surface area contributed by atoms with Gasteiger partial charge < -0.3 is 15.0 Å². The maximum absolute atomic E-state index is 13.2. The van der Waals surface area contributed by atoms with Crippen molar-refractivity contribution in [3.05, 3.63) is 90.5 Å². The average molecular weight is 439 g/mol. The van der Waals surface area contributed by atoms with Gasteiger partial charge in [-0.3, -0.25) is 4.79 Å². The SMILES string of the molecule is O=C(NCC[NH+]1CCOCC1)c1cc(-c2ccc(-c3ccccc3)cc2)nc2ccccc12. The first-order valence-corrected chi connectivity index (χ1v) is 11.5. The van der Waals surface area contributed by atoms with Crippen molar-refractivity contribution in [2.75, 3.05) is 39.4 Å². The lowest BCUT2D eigenvalue weighted by molar-refractivity contribution is -0.906. The van der Waals surface area contributed by atoms with Gasteiger partial charge in [0, 0.05) is 10.9 Å². The summed E-state index contributed by atoms with van der Waals surface area (Å²) in [6.07, 6.45) is 0. The molecule has 5 rings (SSSR count). The highest BCUT2D eigenvalue weighted by atomic mass is 16.5. The second-order valence-electron chi connectivity index (χ2n) is 8.38. The van der Waals surface area contributed by atoms with E-state index in [0.717, 1.165) is 60.6 Å². The molecular formula is C28H28N3O2+. The minimum atomic E-state index is -0.0524. The van der Waals surface area contributed by atoms with Crippen LogP contribution in [0.3, 0.4) is 0 Å². The van der Waals surface area contributed by atoms with Crippen LogP contribution >= 0.6 is 0 Å². The van der Waals surface area contributed by atoms with Crippen LogP contribution in [0.4, 0.5) is 0 Å². The number of morpholine rings is 1. The molecule has 1 aromatic heterocycles. The molecule has 0 atom stereocenters. The zero-order valence-corrected chi connectivity index (χ0v) is 18.6. The molecule has 2 heterocycles. The summed E-state index contributed by atoms with van der Waals surface area (Å²) in [6.45, 7) is 5.14. The number of rotatable bonds is 6. The Balaban J connectivity index is 1.39. The molecule has 5 heteroatoms. The van der Waals surface area contributed by atoms with Gasteiger partial charge in [0.1, 0.15) is 13.1 Å². The van der Waals surface area contributed by atoms with Gasteiger partial charge in [0.25, 0.3) is 5.91 Å². The molecule has 1 amide bonds. The van der Waals surface area contributed by atoms with Gasteiger partial charge in [-0.25, -0.2) is 4.98 Å². The zero-order valence-electron chi connectivity index (χ0n) is 18.6. The Morgan fingerprint density at radius 3 is 2.30 bits per heavy atom. The van der Waals surface area contributed by atoms with Crippen molar-refractivity contribution in [3.8, 4) is 22.4 Å². The molecule has 1 saturated heterocycles. The minimum Gasteiger partial charge on any atom is -0.370 e. The lowest BCUT2D eigenvalue weighted by Crippen LogP contribution is -3.14. The lowest BCUT2D eigenvalue weighted by atomic mass is 10.0. The van der Waals surface area contributed by atoms with E-state index in [1.807, 2.05) is 48.5 Å². The Bertz CT molecular complexity index is 1230. The van der Waals surface area contributed by atoms with Gasteiger partial charge in [-0.05, 0) is 23.3 Å². The number of benzene rings is 3. The highest BCUT2D eigenvalue weighted by molar-refractivity contribution is 6.07. The van der Waals surface area contributed by atoms with E-state index < -0.39 is 0 Å². The van der Waals surface area contributed by atoms with Gasteiger partial charge in [0.15, 0.2) is 0 Å². The molecule has 0 unspecified atom stereocenters. The molecule has 0 radical (unpaired) electrons. The van der Waals surface area contributed by atoms with Crippen molar-refractivity contribution in [2.45, 2.75) is 0 Å². The first-order chi connectivity index (χ1) is 16.3. The molecule has 0 spiro atoms. The first-order valence-electron chi connectivity index (χ1n) is 11.5. The van der Waals surface area contributed by atoms with Crippen LogP contribution in [-0.4, -0.2) is 50.3 Å². The standard InChI is InChI=1S/C28H27N3O2/c32-28(29-14-15-31-16-18-33-19-17-31)25-20-27(30-26-9-5-4-8-24(25)26)23-12-10-22(11-13-23)21-6-2-1-3-7-21/h1-13,20H,14-19H2,(H,29,32)/p+1. The number of aromatic nitrogens is 1. The Morgan fingerprint density at radius 2 is 1.52 bits per heavy atom. The third-order valence-corrected chi connectivity index (χ3v) is 6.21. The fourth-order valence-electron chi connectivity index (χ4n) is 4.33. The van der Waals surface area contributed by atoms with E-state index in [0.29, 0.717) is 12.1 Å². The number of fused-ring (bicyclic) bond motifs is 1. The Labute approximate surface area is 194 Å². The number of hydrogen-bond acceptors (Lipinski definition) is 3. The lowest BCUT2D eigenvalue weighted by Gasteiger charge is -2.23. The van der Waals surface area contributed by atoms with E-state index in [1.54, 1.807) is 0 Å². The molecule has 166 valence electrons. The van der Waals surface area contributed by atoms with Crippen LogP contribution in [0.25, 0.3) is 33.3 Å². The number of nitrogens with zero attached hydrogens (tertiary/aromatic N) is 1. The fraction of sp³-hybridized carbons (Fsp3) is 0.214. The van der Waals surface area contributed by atoms with Crippen LogP contribution in [-0.2, 0) is 4.74 Å². The molecule has 3 aromatic carbocycles. The highest BCUT2D eigenvalue weighted by Crippen LogP contribution is 2.27. The van der Waals surface area contributed by atoms with E-state index >= 15 is 0 Å². The third kappa shape index (κ3) is 4.95. The predicted molar refractivity (Wildman–Crippen MR) is 131 cm³/mol. The van der Waals surface area contributed by atoms with Crippen molar-refractivity contribution in [1.82, 2.24) is 10.3 Å². The van der Waals surface area contributed by atoms with Gasteiger partial charge in [-0.15, -0.1) is 0 Å². The first kappa shape index (κ1) is 21.3. The summed E-state index contributed by atoms with van der Waals surface area (Å²) in [6, 6.07) is 28.4. The van der Waals surface area contributed by atoms with E-state index in [4.69, 9.17) is 9.72 Å². The van der Waals surface area contributed by atoms with Crippen LogP contribution in [0.2, 0.25) is 0 Å². The van der Waals surface area contributed by atoms with Crippen molar-refractivity contribution < 1.29 is 14.4 Å². The average Bonchev–Trinajstić information content (AvgIpc) is 2.89. The van der Waals surface area contributed by atoms with E-state index in [9.17, 15) is 4.79 Å². The molecule has 4 aromatic rings. The maximum Gasteiger partial charge on any atom is 0.252 e. The number of quaternary nitrogens is 1. The molecule has 0 aliphatic carbocycles. The molecule has 0 saturated carbocycles. The maximum atomic E-state index is 13.2. The molecule has 1 fully saturated rings. The van der Waals surface area contributed by atoms with Gasteiger partial charge in [-0.1, -0.05) is 72.8 Å². The number of pyridine rings is 1. The normalized spacial score (nSPS) is 14.3. The van der Waals surface area contributed by atoms with Crippen molar-refractivity contribution >= 4 is 16.8 Å². The molecule has 5 nitrogen and oxygen atoms in total. The molecule has 0 bridgehead atoms. The Kier molecular flexibility index (Phi) is 6.42. The summed E-state index contributed by atoms with van der Waals surface area (Å²) < 4.78 is 5.42. The van der Waals surface area contributed by atoms with Crippen LogP contribution < -0.4 is 10.2 Å². The number of carbonyl (C=O) groups is 1. The van der Waals surface area contributed by atoms with Gasteiger partial charge in [0.2, 0.25) is 0 Å². The van der Waals surface area contributed by atoms with Crippen LogP contribution in [0.5, 0.6) is 0 Å². The van der Waals surface area contributed by atoms with Gasteiger partial charge >= 0.3 is 0 Å². The summed E-state index contributed by atoms with van der Waals surface area (Å²) >= 11 is 0.